The number of hydrogen-bond acceptors (Lipinski definition) is 4. The molecule has 0 unspecified atom stereocenters. The molecule has 0 spiro atoms. The first kappa shape index (κ1) is 14.1. The van der Waals surface area contributed by atoms with E-state index in [9.17, 15) is 8.42 Å². The summed E-state index contributed by atoms with van der Waals surface area (Å²) in [5, 5.41) is 7.08. The van der Waals surface area contributed by atoms with Crippen LogP contribution in [-0.4, -0.2) is 37.5 Å². The summed E-state index contributed by atoms with van der Waals surface area (Å²) < 4.78 is 27.5. The summed E-state index contributed by atoms with van der Waals surface area (Å²) in [5.41, 5.74) is 1.76. The van der Waals surface area contributed by atoms with Gasteiger partial charge in [-0.25, -0.2) is 13.1 Å². The predicted molar refractivity (Wildman–Crippen MR) is 67.1 cm³/mol. The number of nitrogens with one attached hydrogen (secondary N) is 2. The van der Waals surface area contributed by atoms with Gasteiger partial charge in [0.05, 0.1) is 11.4 Å². The second-order valence-electron chi connectivity index (χ2n) is 4.01. The third-order valence-corrected chi connectivity index (χ3v) is 3.85. The first-order valence-electron chi connectivity index (χ1n) is 5.55. The van der Waals surface area contributed by atoms with E-state index in [0.717, 1.165) is 11.3 Å². The summed E-state index contributed by atoms with van der Waals surface area (Å²) in [6, 6.07) is 0. The molecule has 1 heterocycles. The van der Waals surface area contributed by atoms with Crippen LogP contribution in [0.15, 0.2) is 6.20 Å². The van der Waals surface area contributed by atoms with E-state index in [4.69, 9.17) is 0 Å². The molecule has 0 bridgehead atoms. The molecule has 0 aliphatic carbocycles. The van der Waals surface area contributed by atoms with Crippen LogP contribution < -0.4 is 10.0 Å². The molecule has 0 saturated heterocycles. The smallest absolute Gasteiger partial charge is 0.211 e. The lowest BCUT2D eigenvalue weighted by Crippen LogP contribution is -2.27. The standard InChI is InChI=1S/C10H20N4O2S/c1-9-10(8-14(3)13-9)7-12-17(15,16)6-4-5-11-2/h8,11-12H,4-7H2,1-3H3. The maximum Gasteiger partial charge on any atom is 0.211 e. The van der Waals surface area contributed by atoms with Crippen LogP contribution in [0.2, 0.25) is 0 Å². The minimum atomic E-state index is -3.19. The van der Waals surface area contributed by atoms with Gasteiger partial charge in [-0.05, 0) is 26.9 Å². The van der Waals surface area contributed by atoms with Gasteiger partial charge in [-0.2, -0.15) is 5.10 Å². The van der Waals surface area contributed by atoms with Crippen molar-refractivity contribution in [1.29, 1.82) is 0 Å². The van der Waals surface area contributed by atoms with Crippen molar-refractivity contribution in [1.82, 2.24) is 19.8 Å². The number of rotatable bonds is 7. The molecule has 17 heavy (non-hydrogen) atoms. The Morgan fingerprint density at radius 1 is 1.47 bits per heavy atom. The van der Waals surface area contributed by atoms with E-state index in [1.54, 1.807) is 11.7 Å². The van der Waals surface area contributed by atoms with Gasteiger partial charge in [0.2, 0.25) is 10.0 Å². The van der Waals surface area contributed by atoms with Gasteiger partial charge >= 0.3 is 0 Å². The first-order chi connectivity index (χ1) is 7.94. The minimum Gasteiger partial charge on any atom is -0.320 e. The fourth-order valence-electron chi connectivity index (χ4n) is 1.52. The monoisotopic (exact) mass is 260 g/mol. The molecule has 6 nitrogen and oxygen atoms in total. The number of aryl methyl sites for hydroxylation is 2. The number of hydrogen-bond donors (Lipinski definition) is 2. The summed E-state index contributed by atoms with van der Waals surface area (Å²) in [5.74, 6) is 0.146. The molecule has 2 N–H and O–H groups in total. The van der Waals surface area contributed by atoms with Crippen LogP contribution in [0.4, 0.5) is 0 Å². The van der Waals surface area contributed by atoms with Crippen molar-refractivity contribution in [2.24, 2.45) is 7.05 Å². The molecule has 0 amide bonds. The Morgan fingerprint density at radius 3 is 2.71 bits per heavy atom. The molecule has 0 radical (unpaired) electrons. The molecule has 0 aromatic carbocycles. The summed E-state index contributed by atoms with van der Waals surface area (Å²) in [6.07, 6.45) is 2.43. The maximum atomic E-state index is 11.6. The zero-order valence-electron chi connectivity index (χ0n) is 10.5. The number of aromatic nitrogens is 2. The van der Waals surface area contributed by atoms with Crippen LogP contribution in [0.1, 0.15) is 17.7 Å². The van der Waals surface area contributed by atoms with E-state index in [0.29, 0.717) is 19.5 Å². The van der Waals surface area contributed by atoms with Gasteiger partial charge < -0.3 is 5.32 Å². The highest BCUT2D eigenvalue weighted by Crippen LogP contribution is 2.04. The molecule has 0 saturated carbocycles. The average molecular weight is 260 g/mol. The van der Waals surface area contributed by atoms with Crippen molar-refractivity contribution < 1.29 is 8.42 Å². The highest BCUT2D eigenvalue weighted by Gasteiger charge is 2.11. The van der Waals surface area contributed by atoms with Crippen molar-refractivity contribution >= 4 is 10.0 Å². The van der Waals surface area contributed by atoms with Gasteiger partial charge in [-0.1, -0.05) is 0 Å². The van der Waals surface area contributed by atoms with Crippen molar-refractivity contribution in [3.05, 3.63) is 17.5 Å². The molecule has 98 valence electrons. The zero-order chi connectivity index (χ0) is 12.9. The fourth-order valence-corrected chi connectivity index (χ4v) is 2.57. The van der Waals surface area contributed by atoms with E-state index < -0.39 is 10.0 Å². The molecule has 0 aliphatic rings. The summed E-state index contributed by atoms with van der Waals surface area (Å²) in [6.45, 7) is 2.87. The Labute approximate surface area is 102 Å². The van der Waals surface area contributed by atoms with Crippen LogP contribution in [0, 0.1) is 6.92 Å². The SMILES string of the molecule is CNCCCS(=O)(=O)NCc1cn(C)nc1C. The zero-order valence-corrected chi connectivity index (χ0v) is 11.3. The van der Waals surface area contributed by atoms with Gasteiger partial charge in [-0.3, -0.25) is 4.68 Å². The third kappa shape index (κ3) is 4.84. The van der Waals surface area contributed by atoms with Gasteiger partial charge in [0.1, 0.15) is 0 Å². The van der Waals surface area contributed by atoms with Gasteiger partial charge in [-0.15, -0.1) is 0 Å². The number of nitrogens with zero attached hydrogens (tertiary/aromatic N) is 2. The molecular formula is C10H20N4O2S. The van der Waals surface area contributed by atoms with E-state index in [1.165, 1.54) is 0 Å². The van der Waals surface area contributed by atoms with Crippen molar-refractivity contribution in [2.45, 2.75) is 19.9 Å². The molecule has 1 aromatic rings. The fraction of sp³-hybridized carbons (Fsp3) is 0.700. The van der Waals surface area contributed by atoms with Crippen molar-refractivity contribution in [3.8, 4) is 0 Å². The van der Waals surface area contributed by atoms with Gasteiger partial charge in [0, 0.05) is 25.4 Å². The van der Waals surface area contributed by atoms with E-state index in [2.05, 4.69) is 15.1 Å². The second kappa shape index (κ2) is 6.13. The molecule has 7 heteroatoms. The van der Waals surface area contributed by atoms with E-state index in [-0.39, 0.29) is 5.75 Å². The van der Waals surface area contributed by atoms with E-state index >= 15 is 0 Å². The quantitative estimate of drug-likeness (QED) is 0.663. The maximum absolute atomic E-state index is 11.6. The average Bonchev–Trinajstić information content (AvgIpc) is 2.55. The van der Waals surface area contributed by atoms with Crippen LogP contribution in [-0.2, 0) is 23.6 Å². The Kier molecular flexibility index (Phi) is 5.10. The van der Waals surface area contributed by atoms with Crippen molar-refractivity contribution in [2.75, 3.05) is 19.3 Å². The predicted octanol–water partition coefficient (Wildman–Crippen LogP) is -0.243. The lowest BCUT2D eigenvalue weighted by atomic mass is 10.3. The lowest BCUT2D eigenvalue weighted by molar-refractivity contribution is 0.577. The highest BCUT2D eigenvalue weighted by atomic mass is 32.2. The first-order valence-corrected chi connectivity index (χ1v) is 7.21. The van der Waals surface area contributed by atoms with Crippen LogP contribution >= 0.6 is 0 Å². The number of sulfonamides is 1. The Balaban J connectivity index is 2.47. The van der Waals surface area contributed by atoms with Crippen LogP contribution in [0.3, 0.4) is 0 Å². The van der Waals surface area contributed by atoms with Gasteiger partial charge in [0.25, 0.3) is 0 Å². The minimum absolute atomic E-state index is 0.146. The summed E-state index contributed by atoms with van der Waals surface area (Å²) >= 11 is 0. The Morgan fingerprint density at radius 2 is 2.18 bits per heavy atom. The summed E-state index contributed by atoms with van der Waals surface area (Å²) in [7, 11) is 0.435. The second-order valence-corrected chi connectivity index (χ2v) is 5.94. The van der Waals surface area contributed by atoms with Crippen molar-refractivity contribution in [3.63, 3.8) is 0 Å². The highest BCUT2D eigenvalue weighted by molar-refractivity contribution is 7.89. The summed E-state index contributed by atoms with van der Waals surface area (Å²) in [4.78, 5) is 0. The molecule has 0 aliphatic heterocycles. The van der Waals surface area contributed by atoms with Gasteiger partial charge in [0.15, 0.2) is 0 Å². The molecule has 1 aromatic heterocycles. The largest absolute Gasteiger partial charge is 0.320 e. The lowest BCUT2D eigenvalue weighted by Gasteiger charge is -2.05. The normalized spacial score (nSPS) is 11.9. The molecule has 1 rings (SSSR count). The third-order valence-electron chi connectivity index (χ3n) is 2.44. The molecule has 0 fully saturated rings. The molecular weight excluding hydrogens is 240 g/mol. The Hall–Kier alpha value is -0.920. The van der Waals surface area contributed by atoms with E-state index in [1.807, 2.05) is 20.2 Å². The Bertz CT molecular complexity index is 453. The van der Waals surface area contributed by atoms with Crippen LogP contribution in [0.5, 0.6) is 0 Å². The van der Waals surface area contributed by atoms with Crippen LogP contribution in [0.25, 0.3) is 0 Å². The molecule has 0 atom stereocenters. The topological polar surface area (TPSA) is 76.0 Å².